The monoisotopic (exact) mass is 417 g/mol. The molecule has 0 unspecified atom stereocenters. The summed E-state index contributed by atoms with van der Waals surface area (Å²) < 4.78 is 11.7. The Balaban J connectivity index is 1.68. The Kier molecular flexibility index (Phi) is 4.94. The fourth-order valence-electron chi connectivity index (χ4n) is 4.83. The molecule has 1 aliphatic heterocycles. The van der Waals surface area contributed by atoms with Crippen LogP contribution in [0.15, 0.2) is 63.8 Å². The quantitative estimate of drug-likeness (QED) is 0.358. The molecule has 0 saturated carbocycles. The SMILES string of the molecule is CCCCO[C@H]1Cc2c(c(=O)oc3ccccc23)[C@H]2C(=O)N(c3ccccc3)C(=O)[C@@H]12. The first-order valence-electron chi connectivity index (χ1n) is 10.7. The number of amides is 2. The van der Waals surface area contributed by atoms with Crippen molar-refractivity contribution in [2.45, 2.75) is 38.2 Å². The van der Waals surface area contributed by atoms with Crippen molar-refractivity contribution in [1.29, 1.82) is 0 Å². The fraction of sp³-hybridized carbons (Fsp3) is 0.320. The van der Waals surface area contributed by atoms with Crippen LogP contribution in [0, 0.1) is 5.92 Å². The van der Waals surface area contributed by atoms with Gasteiger partial charge in [0.2, 0.25) is 11.8 Å². The van der Waals surface area contributed by atoms with Crippen molar-refractivity contribution in [2.75, 3.05) is 11.5 Å². The van der Waals surface area contributed by atoms with Crippen LogP contribution >= 0.6 is 0 Å². The second-order valence-electron chi connectivity index (χ2n) is 8.10. The third-order valence-electron chi connectivity index (χ3n) is 6.27. The number of nitrogens with zero attached hydrogens (tertiary/aromatic N) is 1. The minimum atomic E-state index is -0.899. The first-order valence-corrected chi connectivity index (χ1v) is 10.7. The van der Waals surface area contributed by atoms with Crippen LogP contribution in [0.4, 0.5) is 5.69 Å². The molecular formula is C25H23NO5. The number of ether oxygens (including phenoxy) is 1. The first-order chi connectivity index (χ1) is 15.1. The van der Waals surface area contributed by atoms with E-state index >= 15 is 0 Å². The Morgan fingerprint density at radius 1 is 1.00 bits per heavy atom. The first kappa shape index (κ1) is 19.7. The summed E-state index contributed by atoms with van der Waals surface area (Å²) in [5, 5.41) is 0.790. The second-order valence-corrected chi connectivity index (χ2v) is 8.10. The molecule has 1 fully saturated rings. The van der Waals surface area contributed by atoms with Gasteiger partial charge in [0.05, 0.1) is 29.2 Å². The van der Waals surface area contributed by atoms with Gasteiger partial charge in [0.25, 0.3) is 0 Å². The summed E-state index contributed by atoms with van der Waals surface area (Å²) in [5.41, 5.74) is 1.49. The van der Waals surface area contributed by atoms with Crippen LogP contribution in [0.5, 0.6) is 0 Å². The summed E-state index contributed by atoms with van der Waals surface area (Å²) in [6.45, 7) is 2.58. The standard InChI is InChI=1S/C25H23NO5/c1-2-3-13-30-19-14-17-16-11-7-8-12-18(16)31-25(29)20(17)22-21(19)23(27)26(24(22)28)15-9-5-4-6-10-15/h4-12,19,21-22H,2-3,13-14H2,1H3/t19-,21-,22+/m0/s1. The molecule has 3 aromatic rings. The number of rotatable bonds is 5. The molecule has 2 amide bonds. The predicted molar refractivity (Wildman–Crippen MR) is 116 cm³/mol. The van der Waals surface area contributed by atoms with Gasteiger partial charge in [-0.2, -0.15) is 0 Å². The number of hydrogen-bond acceptors (Lipinski definition) is 5. The smallest absolute Gasteiger partial charge is 0.340 e. The second kappa shape index (κ2) is 7.78. The molecule has 0 radical (unpaired) electrons. The molecule has 0 N–H and O–H groups in total. The fourth-order valence-corrected chi connectivity index (χ4v) is 4.83. The third-order valence-corrected chi connectivity index (χ3v) is 6.27. The van der Waals surface area contributed by atoms with Crippen molar-refractivity contribution in [1.82, 2.24) is 0 Å². The maximum absolute atomic E-state index is 13.5. The zero-order chi connectivity index (χ0) is 21.5. The summed E-state index contributed by atoms with van der Waals surface area (Å²) in [6, 6.07) is 16.2. The predicted octanol–water partition coefficient (Wildman–Crippen LogP) is 3.81. The minimum absolute atomic E-state index is 0.302. The van der Waals surface area contributed by atoms with Crippen molar-refractivity contribution in [3.63, 3.8) is 0 Å². The van der Waals surface area contributed by atoms with E-state index in [4.69, 9.17) is 9.15 Å². The average molecular weight is 417 g/mol. The van der Waals surface area contributed by atoms with Gasteiger partial charge in [-0.05, 0) is 30.2 Å². The Morgan fingerprint density at radius 2 is 1.74 bits per heavy atom. The van der Waals surface area contributed by atoms with Gasteiger partial charge in [0, 0.05) is 18.4 Å². The number of hydrogen-bond donors (Lipinski definition) is 0. The van der Waals surface area contributed by atoms with Gasteiger partial charge >= 0.3 is 5.63 Å². The maximum Gasteiger partial charge on any atom is 0.340 e. The number of fused-ring (bicyclic) bond motifs is 5. The molecule has 6 heteroatoms. The van der Waals surface area contributed by atoms with Gasteiger partial charge in [-0.25, -0.2) is 9.69 Å². The van der Waals surface area contributed by atoms with Crippen molar-refractivity contribution in [3.8, 4) is 0 Å². The van der Waals surface area contributed by atoms with E-state index in [2.05, 4.69) is 6.92 Å². The highest BCUT2D eigenvalue weighted by Crippen LogP contribution is 2.46. The molecule has 1 aromatic heterocycles. The van der Waals surface area contributed by atoms with E-state index in [9.17, 15) is 14.4 Å². The molecule has 5 rings (SSSR count). The molecule has 158 valence electrons. The van der Waals surface area contributed by atoms with Crippen molar-refractivity contribution in [3.05, 3.63) is 76.1 Å². The number of benzene rings is 2. The highest BCUT2D eigenvalue weighted by Gasteiger charge is 2.56. The summed E-state index contributed by atoms with van der Waals surface area (Å²) >= 11 is 0. The molecular weight excluding hydrogens is 394 g/mol. The van der Waals surface area contributed by atoms with Crippen LogP contribution in [0.2, 0.25) is 0 Å². The van der Waals surface area contributed by atoms with Crippen LogP contribution in [0.1, 0.15) is 36.8 Å². The molecule has 2 aliphatic rings. The van der Waals surface area contributed by atoms with Gasteiger partial charge in [0.1, 0.15) is 5.58 Å². The summed E-state index contributed by atoms with van der Waals surface area (Å²) in [5.74, 6) is -2.35. The Morgan fingerprint density at radius 3 is 2.52 bits per heavy atom. The average Bonchev–Trinajstić information content (AvgIpc) is 3.05. The lowest BCUT2D eigenvalue weighted by Gasteiger charge is -2.32. The van der Waals surface area contributed by atoms with Gasteiger partial charge in [-0.3, -0.25) is 9.59 Å². The highest BCUT2D eigenvalue weighted by molar-refractivity contribution is 6.24. The Bertz CT molecular complexity index is 1220. The molecule has 1 aliphatic carbocycles. The van der Waals surface area contributed by atoms with Gasteiger partial charge < -0.3 is 9.15 Å². The van der Waals surface area contributed by atoms with E-state index in [-0.39, 0.29) is 5.91 Å². The van der Waals surface area contributed by atoms with Crippen LogP contribution < -0.4 is 10.5 Å². The normalized spacial score (nSPS) is 22.6. The molecule has 0 spiro atoms. The number of anilines is 1. The number of imide groups is 1. The zero-order valence-electron chi connectivity index (χ0n) is 17.2. The molecule has 31 heavy (non-hydrogen) atoms. The topological polar surface area (TPSA) is 76.8 Å². The van der Waals surface area contributed by atoms with Gasteiger partial charge in [-0.1, -0.05) is 49.7 Å². The molecule has 0 bridgehead atoms. The molecule has 1 saturated heterocycles. The lowest BCUT2D eigenvalue weighted by Crippen LogP contribution is -2.41. The van der Waals surface area contributed by atoms with Crippen LogP contribution in [0.25, 0.3) is 11.0 Å². The van der Waals surface area contributed by atoms with Crippen molar-refractivity contribution >= 4 is 28.5 Å². The molecule has 6 nitrogen and oxygen atoms in total. The summed E-state index contributed by atoms with van der Waals surface area (Å²) in [6.07, 6.45) is 1.75. The van der Waals surface area contributed by atoms with E-state index in [0.717, 1.165) is 23.8 Å². The molecule has 2 aromatic carbocycles. The van der Waals surface area contributed by atoms with E-state index in [1.54, 1.807) is 36.4 Å². The van der Waals surface area contributed by atoms with Gasteiger partial charge in [0.15, 0.2) is 0 Å². The largest absolute Gasteiger partial charge is 0.422 e. The maximum atomic E-state index is 13.5. The summed E-state index contributed by atoms with van der Waals surface area (Å²) in [4.78, 5) is 41.2. The van der Waals surface area contributed by atoms with Crippen LogP contribution in [-0.2, 0) is 20.7 Å². The van der Waals surface area contributed by atoms with E-state index in [1.807, 2.05) is 18.2 Å². The number of unbranched alkanes of at least 4 members (excludes halogenated alkanes) is 1. The van der Waals surface area contributed by atoms with Gasteiger partial charge in [-0.15, -0.1) is 0 Å². The third kappa shape index (κ3) is 3.10. The summed E-state index contributed by atoms with van der Waals surface area (Å²) in [7, 11) is 0. The lowest BCUT2D eigenvalue weighted by atomic mass is 9.74. The Hall–Kier alpha value is -3.25. The van der Waals surface area contributed by atoms with Crippen LogP contribution in [0.3, 0.4) is 0 Å². The lowest BCUT2D eigenvalue weighted by molar-refractivity contribution is -0.126. The Labute approximate surface area is 179 Å². The van der Waals surface area contributed by atoms with E-state index in [1.165, 1.54) is 4.90 Å². The zero-order valence-corrected chi connectivity index (χ0v) is 17.2. The number of carbonyl (C=O) groups excluding carboxylic acids is 2. The van der Waals surface area contributed by atoms with Crippen LogP contribution in [-0.4, -0.2) is 24.5 Å². The van der Waals surface area contributed by atoms with E-state index < -0.39 is 29.5 Å². The molecule has 2 heterocycles. The van der Waals surface area contributed by atoms with Crippen molar-refractivity contribution < 1.29 is 18.7 Å². The minimum Gasteiger partial charge on any atom is -0.422 e. The van der Waals surface area contributed by atoms with E-state index in [0.29, 0.717) is 29.9 Å². The molecule has 3 atom stereocenters. The number of para-hydroxylation sites is 2. The highest BCUT2D eigenvalue weighted by atomic mass is 16.5. The number of carbonyl (C=O) groups is 2. The van der Waals surface area contributed by atoms with Crippen molar-refractivity contribution in [2.24, 2.45) is 5.92 Å².